The second kappa shape index (κ2) is 10.8. The van der Waals surface area contributed by atoms with Gasteiger partial charge in [0.25, 0.3) is 0 Å². The molecule has 0 aromatic heterocycles. The molecule has 174 valence electrons. The van der Waals surface area contributed by atoms with Gasteiger partial charge in [0.2, 0.25) is 0 Å². The third-order valence-electron chi connectivity index (χ3n) is 6.25. The number of benzene rings is 2. The molecule has 5 nitrogen and oxygen atoms in total. The van der Waals surface area contributed by atoms with Gasteiger partial charge in [0, 0.05) is 12.0 Å². The van der Waals surface area contributed by atoms with Crippen LogP contribution in [0.15, 0.2) is 64.6 Å². The topological polar surface area (TPSA) is 87.0 Å². The molecule has 0 spiro atoms. The van der Waals surface area contributed by atoms with Gasteiger partial charge in [-0.1, -0.05) is 50.1 Å². The van der Waals surface area contributed by atoms with Crippen LogP contribution in [0.1, 0.15) is 56.6 Å². The quantitative estimate of drug-likeness (QED) is 0.212. The first-order valence-corrected chi connectivity index (χ1v) is 13.7. The van der Waals surface area contributed by atoms with Crippen molar-refractivity contribution in [3.63, 3.8) is 0 Å². The Kier molecular flexibility index (Phi) is 8.33. The Hall–Kier alpha value is -1.93. The second-order valence-corrected chi connectivity index (χ2v) is 11.4. The van der Waals surface area contributed by atoms with Crippen LogP contribution in [0.3, 0.4) is 0 Å². The Morgan fingerprint density at radius 2 is 1.97 bits per heavy atom. The lowest BCUT2D eigenvalue weighted by molar-refractivity contribution is -0.131. The molecule has 1 aliphatic rings. The molecule has 2 aromatic carbocycles. The molecule has 3 rings (SSSR count). The Bertz CT molecular complexity index is 958. The summed E-state index contributed by atoms with van der Waals surface area (Å²) < 4.78 is 28.6. The Balaban J connectivity index is 2.17. The van der Waals surface area contributed by atoms with E-state index in [1.807, 2.05) is 37.4 Å². The van der Waals surface area contributed by atoms with Crippen molar-refractivity contribution >= 4 is 28.3 Å². The van der Waals surface area contributed by atoms with Crippen LogP contribution in [0.25, 0.3) is 0 Å². The molecule has 7 heteroatoms. The Morgan fingerprint density at radius 1 is 1.25 bits per heavy atom. The van der Waals surface area contributed by atoms with Crippen molar-refractivity contribution in [3.05, 3.63) is 65.9 Å². The average Bonchev–Trinajstić information content (AvgIpc) is 2.86. The van der Waals surface area contributed by atoms with Crippen LogP contribution >= 0.6 is 22.4 Å². The molecule has 2 aromatic rings. The van der Waals surface area contributed by atoms with Crippen LogP contribution in [0.4, 0.5) is 0 Å². The number of fused-ring (bicyclic) bond motifs is 1. The molecule has 0 fully saturated rings. The molecule has 1 heterocycles. The van der Waals surface area contributed by atoms with E-state index in [1.54, 1.807) is 6.07 Å². The summed E-state index contributed by atoms with van der Waals surface area (Å²) in [6, 6.07) is 13.9. The smallest absolute Gasteiger partial charge is 0.331 e. The molecule has 1 aliphatic heterocycles. The van der Waals surface area contributed by atoms with E-state index in [2.05, 4.69) is 19.1 Å². The average molecular weight is 477 g/mol. The summed E-state index contributed by atoms with van der Waals surface area (Å²) in [6.45, 7) is 4.10. The summed E-state index contributed by atoms with van der Waals surface area (Å²) in [5.41, 5.74) is 2.08. The zero-order valence-electron chi connectivity index (χ0n) is 18.7. The number of rotatable bonds is 8. The molecule has 0 saturated carbocycles. The van der Waals surface area contributed by atoms with Gasteiger partial charge in [-0.05, 0) is 49.1 Å². The van der Waals surface area contributed by atoms with E-state index in [-0.39, 0.29) is 17.1 Å². The molecule has 0 radical (unpaired) electrons. The molecular formula is C25H32O5S2. The first-order chi connectivity index (χ1) is 15.3. The fraction of sp³-hybridized carbons (Fsp3) is 0.400. The van der Waals surface area contributed by atoms with Crippen molar-refractivity contribution < 1.29 is 23.7 Å². The third kappa shape index (κ3) is 5.34. The largest absolute Gasteiger partial charge is 0.478 e. The van der Waals surface area contributed by atoms with Gasteiger partial charge in [0.1, 0.15) is 5.75 Å². The van der Waals surface area contributed by atoms with Gasteiger partial charge in [-0.25, -0.2) is 4.79 Å². The van der Waals surface area contributed by atoms with Crippen LogP contribution in [-0.2, 0) is 4.79 Å². The maximum Gasteiger partial charge on any atom is 0.331 e. The summed E-state index contributed by atoms with van der Waals surface area (Å²) in [6.07, 6.45) is 7.88. The van der Waals surface area contributed by atoms with Crippen molar-refractivity contribution in [1.82, 2.24) is 0 Å². The highest BCUT2D eigenvalue weighted by atomic mass is 32.3. The number of hydrogen-bond acceptors (Lipinski definition) is 5. The number of carbonyl (C=O) groups is 1. The molecule has 0 amide bonds. The molecule has 3 N–H and O–H groups in total. The molecule has 0 saturated heterocycles. The van der Waals surface area contributed by atoms with Gasteiger partial charge in [0.15, 0.2) is 0 Å². The maximum atomic E-state index is 11.5. The zero-order valence-corrected chi connectivity index (χ0v) is 20.4. The Labute approximate surface area is 196 Å². The number of thioether (sulfide) groups is 1. The fourth-order valence-corrected chi connectivity index (χ4v) is 6.98. The SMILES string of the molecule is CCCCC1CC(c2ccccc2)c2cc(SC)c(O/C=C/C(=O)O)cc2S(O)(O)C1C. The highest BCUT2D eigenvalue weighted by molar-refractivity contribution is 8.24. The zero-order chi connectivity index (χ0) is 23.3. The first-order valence-electron chi connectivity index (χ1n) is 10.9. The van der Waals surface area contributed by atoms with Crippen molar-refractivity contribution in [2.24, 2.45) is 5.92 Å². The van der Waals surface area contributed by atoms with Gasteiger partial charge in [-0.3, -0.25) is 9.11 Å². The molecule has 0 bridgehead atoms. The monoisotopic (exact) mass is 476 g/mol. The van der Waals surface area contributed by atoms with Crippen LogP contribution in [0, 0.1) is 5.92 Å². The standard InChI is InChI=1S/C25H32O5S2/c1-4-5-9-19-14-20(18-10-7-6-8-11-18)21-15-23(31-3)22(30-13-12-25(26)27)16-24(21)32(28,29)17(19)2/h6-8,10-13,15-17,19-20,28-29H,4-5,9,14H2,1-3H3,(H,26,27)/b13-12+. The molecular weight excluding hydrogens is 444 g/mol. The lowest BCUT2D eigenvalue weighted by Crippen LogP contribution is -2.23. The molecule has 3 atom stereocenters. The Morgan fingerprint density at radius 3 is 2.59 bits per heavy atom. The predicted molar refractivity (Wildman–Crippen MR) is 132 cm³/mol. The summed E-state index contributed by atoms with van der Waals surface area (Å²) in [7, 11) is -3.10. The number of aliphatic carboxylic acids is 1. The van der Waals surface area contributed by atoms with Crippen LogP contribution in [0.2, 0.25) is 0 Å². The van der Waals surface area contributed by atoms with Crippen LogP contribution in [0.5, 0.6) is 5.75 Å². The minimum absolute atomic E-state index is 0.0405. The van der Waals surface area contributed by atoms with Gasteiger partial charge >= 0.3 is 5.97 Å². The van der Waals surface area contributed by atoms with Crippen LogP contribution in [-0.4, -0.2) is 31.7 Å². The normalized spacial score (nSPS) is 23.3. The molecule has 3 unspecified atom stereocenters. The van der Waals surface area contributed by atoms with Gasteiger partial charge in [-0.2, -0.15) is 10.6 Å². The predicted octanol–water partition coefficient (Wildman–Crippen LogP) is 7.23. The van der Waals surface area contributed by atoms with E-state index in [0.717, 1.165) is 54.0 Å². The van der Waals surface area contributed by atoms with Crippen molar-refractivity contribution in [2.45, 2.75) is 60.5 Å². The van der Waals surface area contributed by atoms with Crippen molar-refractivity contribution in [3.8, 4) is 5.75 Å². The van der Waals surface area contributed by atoms with E-state index in [9.17, 15) is 13.9 Å². The highest BCUT2D eigenvalue weighted by Crippen LogP contribution is 2.63. The van der Waals surface area contributed by atoms with E-state index >= 15 is 0 Å². The van der Waals surface area contributed by atoms with E-state index in [0.29, 0.717) is 10.6 Å². The van der Waals surface area contributed by atoms with Gasteiger partial charge in [-0.15, -0.1) is 11.8 Å². The minimum atomic E-state index is -3.10. The van der Waals surface area contributed by atoms with Gasteiger partial charge < -0.3 is 9.84 Å². The summed E-state index contributed by atoms with van der Waals surface area (Å²) in [5.74, 6) is -0.462. The number of unbranched alkanes of at least 4 members (excludes halogenated alkanes) is 1. The van der Waals surface area contributed by atoms with Crippen LogP contribution < -0.4 is 4.74 Å². The second-order valence-electron chi connectivity index (χ2n) is 8.20. The van der Waals surface area contributed by atoms with Gasteiger partial charge in [0.05, 0.1) is 27.4 Å². The first kappa shape index (κ1) is 24.7. The number of carboxylic acid groups (broad SMARTS) is 1. The summed E-state index contributed by atoms with van der Waals surface area (Å²) >= 11 is 1.49. The number of ether oxygens (including phenoxy) is 1. The van der Waals surface area contributed by atoms with Crippen molar-refractivity contribution in [2.75, 3.05) is 6.26 Å². The maximum absolute atomic E-state index is 11.5. The fourth-order valence-electron chi connectivity index (χ4n) is 4.42. The highest BCUT2D eigenvalue weighted by Gasteiger charge is 2.40. The minimum Gasteiger partial charge on any atom is -0.478 e. The lowest BCUT2D eigenvalue weighted by atomic mass is 9.81. The number of hydrogen-bond donors (Lipinski definition) is 3. The van der Waals surface area contributed by atoms with E-state index in [4.69, 9.17) is 9.84 Å². The van der Waals surface area contributed by atoms with Crippen molar-refractivity contribution in [1.29, 1.82) is 0 Å². The lowest BCUT2D eigenvalue weighted by Gasteiger charge is -2.41. The molecule has 0 aliphatic carbocycles. The summed E-state index contributed by atoms with van der Waals surface area (Å²) in [5, 5.41) is 8.59. The number of carboxylic acids is 1. The summed E-state index contributed by atoms with van der Waals surface area (Å²) in [4.78, 5) is 12.2. The van der Waals surface area contributed by atoms with E-state index in [1.165, 1.54) is 11.8 Å². The third-order valence-corrected chi connectivity index (χ3v) is 9.43. The molecule has 32 heavy (non-hydrogen) atoms. The van der Waals surface area contributed by atoms with E-state index < -0.39 is 16.6 Å².